The predicted molar refractivity (Wildman–Crippen MR) is 84.0 cm³/mol. The summed E-state index contributed by atoms with van der Waals surface area (Å²) >= 11 is 5.85. The highest BCUT2D eigenvalue weighted by atomic mass is 35.5. The van der Waals surface area contributed by atoms with E-state index in [0.29, 0.717) is 22.1 Å². The quantitative estimate of drug-likeness (QED) is 0.801. The third-order valence-electron chi connectivity index (χ3n) is 2.78. The summed E-state index contributed by atoms with van der Waals surface area (Å²) in [6.45, 7) is 0. The van der Waals surface area contributed by atoms with Gasteiger partial charge in [-0.3, -0.25) is 0 Å². The first-order valence-corrected chi connectivity index (χ1v) is 6.62. The van der Waals surface area contributed by atoms with Crippen molar-refractivity contribution >= 4 is 35.0 Å². The van der Waals surface area contributed by atoms with E-state index in [4.69, 9.17) is 21.4 Å². The van der Waals surface area contributed by atoms with Gasteiger partial charge in [0.15, 0.2) is 0 Å². The molecule has 0 saturated heterocycles. The van der Waals surface area contributed by atoms with Crippen LogP contribution in [0.5, 0.6) is 5.75 Å². The number of rotatable bonds is 4. The minimum absolute atomic E-state index is 0.0851. The normalized spacial score (nSPS) is 9.91. The number of amides is 2. The zero-order chi connectivity index (χ0) is 16.1. The molecule has 0 aromatic heterocycles. The van der Waals surface area contributed by atoms with Crippen LogP contribution in [0.25, 0.3) is 0 Å². The Morgan fingerprint density at radius 1 is 1.14 bits per heavy atom. The number of carbonyl (C=O) groups excluding carboxylic acids is 1. The first kappa shape index (κ1) is 15.7. The molecule has 0 radical (unpaired) electrons. The molecule has 0 fully saturated rings. The zero-order valence-electron chi connectivity index (χ0n) is 11.6. The fourth-order valence-electron chi connectivity index (χ4n) is 1.78. The molecule has 0 unspecified atom stereocenters. The molecule has 2 amide bonds. The molecule has 3 N–H and O–H groups in total. The maximum atomic E-state index is 12.0. The lowest BCUT2D eigenvalue weighted by molar-refractivity contribution is 0.0697. The summed E-state index contributed by atoms with van der Waals surface area (Å²) in [5.41, 5.74) is 0.894. The molecule has 0 aliphatic rings. The topological polar surface area (TPSA) is 87.7 Å². The van der Waals surface area contributed by atoms with Crippen LogP contribution in [0, 0.1) is 0 Å². The van der Waals surface area contributed by atoms with Gasteiger partial charge in [0, 0.05) is 16.8 Å². The van der Waals surface area contributed by atoms with Gasteiger partial charge in [0.05, 0.1) is 18.4 Å². The predicted octanol–water partition coefficient (Wildman–Crippen LogP) is 3.69. The number of benzene rings is 2. The molecular weight excluding hydrogens is 308 g/mol. The molecule has 2 aromatic rings. The molecule has 0 heterocycles. The Kier molecular flexibility index (Phi) is 4.85. The van der Waals surface area contributed by atoms with Gasteiger partial charge in [-0.1, -0.05) is 17.7 Å². The van der Waals surface area contributed by atoms with Gasteiger partial charge in [-0.2, -0.15) is 0 Å². The van der Waals surface area contributed by atoms with Crippen LogP contribution in [0.1, 0.15) is 10.4 Å². The van der Waals surface area contributed by atoms with Crippen molar-refractivity contribution < 1.29 is 19.4 Å². The summed E-state index contributed by atoms with van der Waals surface area (Å²) in [6, 6.07) is 10.2. The van der Waals surface area contributed by atoms with Crippen LogP contribution in [-0.4, -0.2) is 24.2 Å². The molecular formula is C15H13ClN2O4. The first-order valence-electron chi connectivity index (χ1n) is 6.24. The number of hydrogen-bond acceptors (Lipinski definition) is 3. The van der Waals surface area contributed by atoms with Crippen LogP contribution < -0.4 is 15.4 Å². The van der Waals surface area contributed by atoms with Gasteiger partial charge >= 0.3 is 12.0 Å². The number of nitrogens with one attached hydrogen (secondary N) is 2. The van der Waals surface area contributed by atoms with E-state index < -0.39 is 12.0 Å². The van der Waals surface area contributed by atoms with Crippen molar-refractivity contribution in [3.05, 3.63) is 53.1 Å². The monoisotopic (exact) mass is 320 g/mol. The molecule has 2 rings (SSSR count). The molecule has 0 atom stereocenters. The van der Waals surface area contributed by atoms with Gasteiger partial charge < -0.3 is 20.5 Å². The van der Waals surface area contributed by atoms with Crippen molar-refractivity contribution in [1.29, 1.82) is 0 Å². The van der Waals surface area contributed by atoms with E-state index in [9.17, 15) is 9.59 Å². The van der Waals surface area contributed by atoms with Crippen LogP contribution in [0.2, 0.25) is 5.02 Å². The Bertz CT molecular complexity index is 718. The maximum Gasteiger partial charge on any atom is 0.335 e. The molecule has 2 aromatic carbocycles. The second kappa shape index (κ2) is 6.82. The third kappa shape index (κ3) is 3.89. The van der Waals surface area contributed by atoms with E-state index in [1.807, 2.05) is 0 Å². The fraction of sp³-hybridized carbons (Fsp3) is 0.0667. The number of methoxy groups -OCH3 is 1. The van der Waals surface area contributed by atoms with Crippen LogP contribution >= 0.6 is 11.6 Å². The molecule has 22 heavy (non-hydrogen) atoms. The molecule has 0 aliphatic heterocycles. The Morgan fingerprint density at radius 3 is 2.59 bits per heavy atom. The summed E-state index contributed by atoms with van der Waals surface area (Å²) in [5.74, 6) is -0.648. The summed E-state index contributed by atoms with van der Waals surface area (Å²) in [4.78, 5) is 22.8. The molecule has 0 spiro atoms. The van der Waals surface area contributed by atoms with E-state index in [1.165, 1.54) is 19.2 Å². The number of ether oxygens (including phenoxy) is 1. The summed E-state index contributed by atoms with van der Waals surface area (Å²) in [5, 5.41) is 14.6. The smallest absolute Gasteiger partial charge is 0.335 e. The SMILES string of the molecule is COc1cc(Cl)ccc1NC(=O)Nc1cccc(C(=O)O)c1. The molecule has 0 aliphatic carbocycles. The molecule has 114 valence electrons. The molecule has 0 saturated carbocycles. The van der Waals surface area contributed by atoms with E-state index in [2.05, 4.69) is 10.6 Å². The van der Waals surface area contributed by atoms with Crippen molar-refractivity contribution in [3.8, 4) is 5.75 Å². The van der Waals surface area contributed by atoms with Gasteiger partial charge in [-0.05, 0) is 30.3 Å². The zero-order valence-corrected chi connectivity index (χ0v) is 12.3. The standard InChI is InChI=1S/C15H13ClN2O4/c1-22-13-8-10(16)5-6-12(13)18-15(21)17-11-4-2-3-9(7-11)14(19)20/h2-8H,1H3,(H,19,20)(H2,17,18,21). The van der Waals surface area contributed by atoms with Crippen LogP contribution in [0.15, 0.2) is 42.5 Å². The van der Waals surface area contributed by atoms with Crippen molar-refractivity contribution in [2.75, 3.05) is 17.7 Å². The highest BCUT2D eigenvalue weighted by molar-refractivity contribution is 6.30. The lowest BCUT2D eigenvalue weighted by Crippen LogP contribution is -2.20. The van der Waals surface area contributed by atoms with Crippen molar-refractivity contribution in [1.82, 2.24) is 0 Å². The Labute approximate surface area is 131 Å². The second-order valence-electron chi connectivity index (χ2n) is 4.31. The van der Waals surface area contributed by atoms with E-state index >= 15 is 0 Å². The van der Waals surface area contributed by atoms with E-state index in [1.54, 1.807) is 30.3 Å². The first-order chi connectivity index (χ1) is 10.5. The number of hydrogen-bond donors (Lipinski definition) is 3. The average molecular weight is 321 g/mol. The largest absolute Gasteiger partial charge is 0.495 e. The van der Waals surface area contributed by atoms with Gasteiger partial charge in [0.25, 0.3) is 0 Å². The average Bonchev–Trinajstić information content (AvgIpc) is 2.49. The Morgan fingerprint density at radius 2 is 1.91 bits per heavy atom. The summed E-state index contributed by atoms with van der Waals surface area (Å²) in [7, 11) is 1.46. The van der Waals surface area contributed by atoms with Crippen molar-refractivity contribution in [2.24, 2.45) is 0 Å². The van der Waals surface area contributed by atoms with Crippen LogP contribution in [0.4, 0.5) is 16.2 Å². The second-order valence-corrected chi connectivity index (χ2v) is 4.75. The van der Waals surface area contributed by atoms with E-state index in [0.717, 1.165) is 0 Å². The van der Waals surface area contributed by atoms with Gasteiger partial charge in [-0.15, -0.1) is 0 Å². The minimum atomic E-state index is -1.07. The van der Waals surface area contributed by atoms with Crippen molar-refractivity contribution in [2.45, 2.75) is 0 Å². The highest BCUT2D eigenvalue weighted by Gasteiger charge is 2.09. The Hall–Kier alpha value is -2.73. The number of halogens is 1. The summed E-state index contributed by atoms with van der Waals surface area (Å²) < 4.78 is 5.12. The van der Waals surface area contributed by atoms with Gasteiger partial charge in [-0.25, -0.2) is 9.59 Å². The number of anilines is 2. The lowest BCUT2D eigenvalue weighted by Gasteiger charge is -2.11. The number of carbonyl (C=O) groups is 2. The van der Waals surface area contributed by atoms with Gasteiger partial charge in [0.2, 0.25) is 0 Å². The van der Waals surface area contributed by atoms with Crippen LogP contribution in [0.3, 0.4) is 0 Å². The number of carboxylic acids is 1. The third-order valence-corrected chi connectivity index (χ3v) is 3.01. The minimum Gasteiger partial charge on any atom is -0.495 e. The molecule has 0 bridgehead atoms. The number of urea groups is 1. The van der Waals surface area contributed by atoms with Crippen molar-refractivity contribution in [3.63, 3.8) is 0 Å². The number of carboxylic acid groups (broad SMARTS) is 1. The molecule has 6 nitrogen and oxygen atoms in total. The number of aromatic carboxylic acids is 1. The Balaban J connectivity index is 2.10. The molecule has 7 heteroatoms. The van der Waals surface area contributed by atoms with E-state index in [-0.39, 0.29) is 5.56 Å². The maximum absolute atomic E-state index is 12.0. The van der Waals surface area contributed by atoms with Gasteiger partial charge in [0.1, 0.15) is 5.75 Å². The summed E-state index contributed by atoms with van der Waals surface area (Å²) in [6.07, 6.45) is 0. The van der Waals surface area contributed by atoms with Crippen LogP contribution in [-0.2, 0) is 0 Å². The fourth-order valence-corrected chi connectivity index (χ4v) is 1.95. The highest BCUT2D eigenvalue weighted by Crippen LogP contribution is 2.27. The lowest BCUT2D eigenvalue weighted by atomic mass is 10.2.